The number of hydrogen-bond acceptors (Lipinski definition) is 4. The Balaban J connectivity index is 1.91. The number of amides is 1. The molecule has 102 valence electrons. The lowest BCUT2D eigenvalue weighted by atomic mass is 10.1. The van der Waals surface area contributed by atoms with Crippen LogP contribution in [0.25, 0.3) is 5.65 Å². The van der Waals surface area contributed by atoms with Gasteiger partial charge in [0.15, 0.2) is 12.3 Å². The molecular formula is C15H10N4O2. The summed E-state index contributed by atoms with van der Waals surface area (Å²) in [5.41, 5.74) is 1.44. The van der Waals surface area contributed by atoms with E-state index in [1.807, 2.05) is 24.3 Å². The summed E-state index contributed by atoms with van der Waals surface area (Å²) in [5.74, 6) is 0.258. The predicted molar refractivity (Wildman–Crippen MR) is 75.9 cm³/mol. The molecule has 2 aromatic rings. The van der Waals surface area contributed by atoms with Crippen molar-refractivity contribution in [1.82, 2.24) is 14.3 Å². The molecule has 21 heavy (non-hydrogen) atoms. The molecule has 4 heterocycles. The predicted octanol–water partition coefficient (Wildman–Crippen LogP) is 1.51. The normalized spacial score (nSPS) is 20.0. The van der Waals surface area contributed by atoms with Crippen LogP contribution in [0.1, 0.15) is 22.2 Å². The molecule has 6 heteroatoms. The monoisotopic (exact) mass is 278 g/mol. The highest BCUT2D eigenvalue weighted by atomic mass is 16.2. The molecule has 6 nitrogen and oxygen atoms in total. The first-order valence-electron chi connectivity index (χ1n) is 6.47. The highest BCUT2D eigenvalue weighted by Gasteiger charge is 2.38. The smallest absolute Gasteiger partial charge is 0.277 e. The van der Waals surface area contributed by atoms with Gasteiger partial charge in [-0.3, -0.25) is 14.0 Å². The van der Waals surface area contributed by atoms with Gasteiger partial charge in [0.05, 0.1) is 0 Å². The highest BCUT2D eigenvalue weighted by molar-refractivity contribution is 6.10. The minimum absolute atomic E-state index is 0.312. The molecule has 0 spiro atoms. The molecule has 0 saturated carbocycles. The van der Waals surface area contributed by atoms with Gasteiger partial charge >= 0.3 is 0 Å². The highest BCUT2D eigenvalue weighted by Crippen LogP contribution is 2.31. The molecule has 0 radical (unpaired) electrons. The van der Waals surface area contributed by atoms with Crippen LogP contribution in [0.3, 0.4) is 0 Å². The molecule has 2 aliphatic rings. The number of carbonyl (C=O) groups is 2. The van der Waals surface area contributed by atoms with Crippen molar-refractivity contribution < 1.29 is 9.59 Å². The third kappa shape index (κ3) is 1.59. The van der Waals surface area contributed by atoms with E-state index in [4.69, 9.17) is 0 Å². The largest absolute Gasteiger partial charge is 0.315 e. The average Bonchev–Trinajstić information content (AvgIpc) is 3.02. The summed E-state index contributed by atoms with van der Waals surface area (Å²) in [5, 5.41) is 0. The second kappa shape index (κ2) is 4.24. The average molecular weight is 278 g/mol. The summed E-state index contributed by atoms with van der Waals surface area (Å²) >= 11 is 0. The summed E-state index contributed by atoms with van der Waals surface area (Å²) in [7, 11) is 0. The SMILES string of the molecule is O=Cc1c(C2C(=O)N=C3C=CC=CN32)nc2ccccn12. The Kier molecular flexibility index (Phi) is 2.38. The van der Waals surface area contributed by atoms with Gasteiger partial charge in [-0.1, -0.05) is 12.1 Å². The molecule has 0 aliphatic carbocycles. The molecule has 4 rings (SSSR count). The fraction of sp³-hybridized carbons (Fsp3) is 0.0667. The van der Waals surface area contributed by atoms with E-state index in [-0.39, 0.29) is 5.91 Å². The van der Waals surface area contributed by atoms with E-state index >= 15 is 0 Å². The van der Waals surface area contributed by atoms with Gasteiger partial charge in [0.1, 0.15) is 22.9 Å². The number of aromatic nitrogens is 2. The number of fused-ring (bicyclic) bond motifs is 2. The van der Waals surface area contributed by atoms with E-state index in [0.29, 0.717) is 22.9 Å². The Morgan fingerprint density at radius 3 is 3.00 bits per heavy atom. The number of aldehydes is 1. The van der Waals surface area contributed by atoms with Gasteiger partial charge in [-0.05, 0) is 24.3 Å². The quantitative estimate of drug-likeness (QED) is 0.781. The molecule has 1 amide bonds. The first kappa shape index (κ1) is 11.8. The van der Waals surface area contributed by atoms with Crippen LogP contribution >= 0.6 is 0 Å². The van der Waals surface area contributed by atoms with Crippen molar-refractivity contribution in [1.29, 1.82) is 0 Å². The maximum Gasteiger partial charge on any atom is 0.277 e. The maximum atomic E-state index is 12.2. The Morgan fingerprint density at radius 2 is 2.14 bits per heavy atom. The minimum Gasteiger partial charge on any atom is -0.315 e. The maximum absolute atomic E-state index is 12.2. The van der Waals surface area contributed by atoms with E-state index in [9.17, 15) is 9.59 Å². The number of carbonyl (C=O) groups excluding carboxylic acids is 2. The van der Waals surface area contributed by atoms with Crippen LogP contribution in [0.5, 0.6) is 0 Å². The molecule has 2 aliphatic heterocycles. The lowest BCUT2D eigenvalue weighted by molar-refractivity contribution is -0.120. The summed E-state index contributed by atoms with van der Waals surface area (Å²) in [6.45, 7) is 0. The van der Waals surface area contributed by atoms with Crippen LogP contribution in [0.4, 0.5) is 0 Å². The van der Waals surface area contributed by atoms with Crippen molar-refractivity contribution in [2.45, 2.75) is 6.04 Å². The first-order valence-corrected chi connectivity index (χ1v) is 6.47. The Morgan fingerprint density at radius 1 is 1.24 bits per heavy atom. The topological polar surface area (TPSA) is 67.0 Å². The van der Waals surface area contributed by atoms with Gasteiger partial charge in [0, 0.05) is 12.4 Å². The van der Waals surface area contributed by atoms with Crippen LogP contribution in [-0.4, -0.2) is 32.3 Å². The Hall–Kier alpha value is -3.02. The number of nitrogens with zero attached hydrogens (tertiary/aromatic N) is 4. The second-order valence-corrected chi connectivity index (χ2v) is 4.75. The lowest BCUT2D eigenvalue weighted by Gasteiger charge is -2.21. The van der Waals surface area contributed by atoms with E-state index < -0.39 is 6.04 Å². The molecule has 1 unspecified atom stereocenters. The zero-order valence-corrected chi connectivity index (χ0v) is 10.9. The standard InChI is InChI=1S/C15H10N4O2/c20-9-10-13(16-11-5-1-3-7-18(10)11)14-15(21)17-12-6-2-4-8-19(12)14/h1-9,14H. The number of amidine groups is 1. The first-order chi connectivity index (χ1) is 10.3. The molecule has 0 N–H and O–H groups in total. The van der Waals surface area contributed by atoms with Gasteiger partial charge in [0.25, 0.3) is 5.91 Å². The lowest BCUT2D eigenvalue weighted by Crippen LogP contribution is -2.28. The van der Waals surface area contributed by atoms with Crippen molar-refractivity contribution in [2.24, 2.45) is 4.99 Å². The molecule has 0 fully saturated rings. The van der Waals surface area contributed by atoms with Crippen LogP contribution in [0, 0.1) is 0 Å². The van der Waals surface area contributed by atoms with E-state index in [1.165, 1.54) is 0 Å². The van der Waals surface area contributed by atoms with E-state index in [0.717, 1.165) is 6.29 Å². The number of pyridine rings is 1. The number of hydrogen-bond donors (Lipinski definition) is 0. The van der Waals surface area contributed by atoms with Gasteiger partial charge in [-0.15, -0.1) is 0 Å². The minimum atomic E-state index is -0.679. The van der Waals surface area contributed by atoms with E-state index in [2.05, 4.69) is 9.98 Å². The van der Waals surface area contributed by atoms with Gasteiger partial charge in [-0.25, -0.2) is 4.98 Å². The van der Waals surface area contributed by atoms with Crippen molar-refractivity contribution in [3.63, 3.8) is 0 Å². The molecule has 0 aromatic carbocycles. The molecule has 0 bridgehead atoms. The molecular weight excluding hydrogens is 268 g/mol. The van der Waals surface area contributed by atoms with Crippen molar-refractivity contribution >= 4 is 23.7 Å². The molecule has 0 saturated heterocycles. The van der Waals surface area contributed by atoms with Crippen molar-refractivity contribution in [3.05, 3.63) is 60.2 Å². The van der Waals surface area contributed by atoms with Crippen LogP contribution in [0.15, 0.2) is 53.8 Å². The van der Waals surface area contributed by atoms with Crippen molar-refractivity contribution in [3.8, 4) is 0 Å². The molecule has 1 atom stereocenters. The number of aliphatic imine (C=N–C) groups is 1. The van der Waals surface area contributed by atoms with Crippen LogP contribution in [-0.2, 0) is 4.79 Å². The zero-order valence-electron chi connectivity index (χ0n) is 10.9. The second-order valence-electron chi connectivity index (χ2n) is 4.75. The summed E-state index contributed by atoms with van der Waals surface area (Å²) in [4.78, 5) is 33.9. The number of allylic oxidation sites excluding steroid dienone is 2. The Labute approximate surface area is 119 Å². The van der Waals surface area contributed by atoms with Gasteiger partial charge in [-0.2, -0.15) is 4.99 Å². The fourth-order valence-electron chi connectivity index (χ4n) is 2.65. The fourth-order valence-corrected chi connectivity index (χ4v) is 2.65. The van der Waals surface area contributed by atoms with Crippen molar-refractivity contribution in [2.75, 3.05) is 0 Å². The third-order valence-corrected chi connectivity index (χ3v) is 3.57. The Bertz CT molecular complexity index is 860. The molecule has 2 aromatic heterocycles. The number of rotatable bonds is 2. The third-order valence-electron chi connectivity index (χ3n) is 3.57. The van der Waals surface area contributed by atoms with Gasteiger partial charge in [0.2, 0.25) is 0 Å². The summed E-state index contributed by atoms with van der Waals surface area (Å²) in [6, 6.07) is 4.76. The van der Waals surface area contributed by atoms with Gasteiger partial charge < -0.3 is 4.90 Å². The number of imidazole rings is 1. The van der Waals surface area contributed by atoms with Crippen LogP contribution < -0.4 is 0 Å². The summed E-state index contributed by atoms with van der Waals surface area (Å²) < 4.78 is 1.68. The van der Waals surface area contributed by atoms with E-state index in [1.54, 1.807) is 33.8 Å². The zero-order chi connectivity index (χ0) is 14.4. The summed E-state index contributed by atoms with van der Waals surface area (Å²) in [6.07, 6.45) is 9.64. The van der Waals surface area contributed by atoms with Crippen LogP contribution in [0.2, 0.25) is 0 Å².